The van der Waals surface area contributed by atoms with Gasteiger partial charge in [-0.05, 0) is 38.5 Å². The number of hydrogen-bond donors (Lipinski definition) is 1. The van der Waals surface area contributed by atoms with Gasteiger partial charge in [0.15, 0.2) is 5.78 Å². The van der Waals surface area contributed by atoms with E-state index in [1.54, 1.807) is 6.92 Å². The molecule has 0 aromatic rings. The molecule has 0 spiro atoms. The first-order valence-electron chi connectivity index (χ1n) is 4.62. The second kappa shape index (κ2) is 2.70. The predicted molar refractivity (Wildman–Crippen MR) is 45.7 cm³/mol. The molecule has 0 aromatic heterocycles. The molecule has 66 valence electrons. The number of fused-ring (bicyclic) bond motifs is 1. The summed E-state index contributed by atoms with van der Waals surface area (Å²) in [4.78, 5) is 11.2. The fraction of sp³-hybridized carbons (Fsp3) is 0.700. The van der Waals surface area contributed by atoms with Crippen LogP contribution in [0.2, 0.25) is 0 Å². The van der Waals surface area contributed by atoms with Gasteiger partial charge in [0.25, 0.3) is 0 Å². The molecule has 0 amide bonds. The lowest BCUT2D eigenvalue weighted by Crippen LogP contribution is -2.12. The minimum atomic E-state index is -0.456. The number of Topliss-reactive ketones (excluding diaryl/α,β-unsaturated/α-hetero) is 1. The summed E-state index contributed by atoms with van der Waals surface area (Å²) < 4.78 is 0. The van der Waals surface area contributed by atoms with Crippen LogP contribution in [0.15, 0.2) is 11.1 Å². The van der Waals surface area contributed by atoms with Crippen molar-refractivity contribution in [3.05, 3.63) is 11.1 Å². The Balaban J connectivity index is 2.36. The second-order valence-electron chi connectivity index (χ2n) is 3.84. The van der Waals surface area contributed by atoms with E-state index in [4.69, 9.17) is 0 Å². The second-order valence-corrected chi connectivity index (χ2v) is 3.84. The average Bonchev–Trinajstić information content (AvgIpc) is 2.44. The molecule has 0 bridgehead atoms. The smallest absolute Gasteiger partial charge is 0.158 e. The van der Waals surface area contributed by atoms with Gasteiger partial charge in [0, 0.05) is 5.57 Å². The van der Waals surface area contributed by atoms with Gasteiger partial charge in [-0.2, -0.15) is 0 Å². The van der Waals surface area contributed by atoms with Crippen LogP contribution in [0.4, 0.5) is 0 Å². The third-order valence-corrected chi connectivity index (χ3v) is 3.06. The van der Waals surface area contributed by atoms with Gasteiger partial charge in [-0.1, -0.05) is 5.57 Å². The van der Waals surface area contributed by atoms with E-state index in [0.29, 0.717) is 5.92 Å². The highest BCUT2D eigenvalue weighted by Gasteiger charge is 2.36. The molecule has 12 heavy (non-hydrogen) atoms. The van der Waals surface area contributed by atoms with Crippen LogP contribution in [0, 0.1) is 5.92 Å². The number of carbonyl (C=O) groups is 1. The van der Waals surface area contributed by atoms with Crippen LogP contribution in [0.25, 0.3) is 0 Å². The normalized spacial score (nSPS) is 34.2. The monoisotopic (exact) mass is 166 g/mol. The van der Waals surface area contributed by atoms with E-state index in [2.05, 4.69) is 0 Å². The van der Waals surface area contributed by atoms with E-state index < -0.39 is 6.10 Å². The average molecular weight is 166 g/mol. The van der Waals surface area contributed by atoms with E-state index in [1.807, 2.05) is 0 Å². The number of ketones is 1. The fourth-order valence-electron chi connectivity index (χ4n) is 2.59. The van der Waals surface area contributed by atoms with Crippen molar-refractivity contribution in [3.63, 3.8) is 0 Å². The maximum atomic E-state index is 11.2. The highest BCUT2D eigenvalue weighted by atomic mass is 16.3. The third-order valence-electron chi connectivity index (χ3n) is 3.06. The Hall–Kier alpha value is -0.630. The van der Waals surface area contributed by atoms with Crippen molar-refractivity contribution in [3.8, 4) is 0 Å². The molecular formula is C10H14O2. The molecular weight excluding hydrogens is 152 g/mol. The molecule has 0 heterocycles. The summed E-state index contributed by atoms with van der Waals surface area (Å²) in [5, 5.41) is 9.59. The van der Waals surface area contributed by atoms with E-state index in [9.17, 15) is 9.90 Å². The lowest BCUT2D eigenvalue weighted by Gasteiger charge is -2.05. The van der Waals surface area contributed by atoms with Gasteiger partial charge in [-0.15, -0.1) is 0 Å². The van der Waals surface area contributed by atoms with Crippen molar-refractivity contribution in [2.75, 3.05) is 0 Å². The van der Waals surface area contributed by atoms with Crippen LogP contribution in [-0.4, -0.2) is 17.0 Å². The van der Waals surface area contributed by atoms with Crippen molar-refractivity contribution >= 4 is 5.78 Å². The predicted octanol–water partition coefficient (Wildman–Crippen LogP) is 1.44. The number of aliphatic hydroxyl groups is 1. The molecule has 1 fully saturated rings. The molecule has 2 unspecified atom stereocenters. The Morgan fingerprint density at radius 1 is 1.58 bits per heavy atom. The summed E-state index contributed by atoms with van der Waals surface area (Å²) >= 11 is 0. The van der Waals surface area contributed by atoms with Gasteiger partial charge in [0.2, 0.25) is 0 Å². The zero-order valence-corrected chi connectivity index (χ0v) is 7.34. The van der Waals surface area contributed by atoms with E-state index >= 15 is 0 Å². The minimum absolute atomic E-state index is 0.0712. The first-order valence-corrected chi connectivity index (χ1v) is 4.62. The number of hydrogen-bond acceptors (Lipinski definition) is 2. The van der Waals surface area contributed by atoms with Crippen molar-refractivity contribution in [1.29, 1.82) is 0 Å². The van der Waals surface area contributed by atoms with Crippen molar-refractivity contribution in [2.24, 2.45) is 5.92 Å². The van der Waals surface area contributed by atoms with Crippen molar-refractivity contribution in [1.82, 2.24) is 0 Å². The van der Waals surface area contributed by atoms with Gasteiger partial charge in [-0.3, -0.25) is 4.79 Å². The zero-order valence-electron chi connectivity index (χ0n) is 7.34. The molecule has 1 saturated carbocycles. The van der Waals surface area contributed by atoms with Crippen molar-refractivity contribution < 1.29 is 9.90 Å². The van der Waals surface area contributed by atoms with Gasteiger partial charge in [-0.25, -0.2) is 0 Å². The molecule has 2 aliphatic rings. The summed E-state index contributed by atoms with van der Waals surface area (Å²) in [7, 11) is 0. The van der Waals surface area contributed by atoms with Crippen molar-refractivity contribution in [2.45, 2.75) is 38.7 Å². The lowest BCUT2D eigenvalue weighted by molar-refractivity contribution is -0.114. The van der Waals surface area contributed by atoms with E-state index in [1.165, 1.54) is 18.4 Å². The van der Waals surface area contributed by atoms with Crippen LogP contribution >= 0.6 is 0 Å². The number of aliphatic hydroxyl groups excluding tert-OH is 1. The maximum Gasteiger partial charge on any atom is 0.158 e. The first kappa shape index (κ1) is 7.99. The summed E-state index contributed by atoms with van der Waals surface area (Å²) in [6, 6.07) is 0. The minimum Gasteiger partial charge on any atom is -0.388 e. The quantitative estimate of drug-likeness (QED) is 0.640. The maximum absolute atomic E-state index is 11.2. The highest BCUT2D eigenvalue weighted by Crippen LogP contribution is 2.43. The van der Waals surface area contributed by atoms with Gasteiger partial charge < -0.3 is 5.11 Å². The van der Waals surface area contributed by atoms with Crippen LogP contribution in [-0.2, 0) is 4.79 Å². The first-order chi connectivity index (χ1) is 5.70. The molecule has 2 atom stereocenters. The van der Waals surface area contributed by atoms with E-state index in [0.717, 1.165) is 18.4 Å². The van der Waals surface area contributed by atoms with Crippen LogP contribution in [0.3, 0.4) is 0 Å². The summed E-state index contributed by atoms with van der Waals surface area (Å²) in [5.74, 6) is 0.598. The standard InChI is InChI=1S/C10H14O2/c1-6(11)10-8-4-2-3-7(8)5-9(10)12/h7,9,12H,2-5H2,1H3. The molecule has 2 heteroatoms. The van der Waals surface area contributed by atoms with Crippen LogP contribution < -0.4 is 0 Å². The molecule has 2 aliphatic carbocycles. The highest BCUT2D eigenvalue weighted by molar-refractivity contribution is 5.95. The summed E-state index contributed by atoms with van der Waals surface area (Å²) in [6.07, 6.45) is 3.75. The molecule has 0 radical (unpaired) electrons. The van der Waals surface area contributed by atoms with Gasteiger partial charge >= 0.3 is 0 Å². The number of carbonyl (C=O) groups excluding carboxylic acids is 1. The molecule has 1 N–H and O–H groups in total. The third kappa shape index (κ3) is 1.02. The van der Waals surface area contributed by atoms with Crippen LogP contribution in [0.1, 0.15) is 32.6 Å². The Kier molecular flexibility index (Phi) is 1.80. The van der Waals surface area contributed by atoms with Gasteiger partial charge in [0.1, 0.15) is 0 Å². The Morgan fingerprint density at radius 2 is 2.33 bits per heavy atom. The summed E-state index contributed by atoms with van der Waals surface area (Å²) in [6.45, 7) is 1.56. The molecule has 0 aromatic carbocycles. The Morgan fingerprint density at radius 3 is 3.00 bits per heavy atom. The number of allylic oxidation sites excluding steroid dienone is 1. The molecule has 0 aliphatic heterocycles. The van der Waals surface area contributed by atoms with Gasteiger partial charge in [0.05, 0.1) is 6.10 Å². The topological polar surface area (TPSA) is 37.3 Å². The lowest BCUT2D eigenvalue weighted by atomic mass is 10.0. The summed E-state index contributed by atoms with van der Waals surface area (Å²) in [5.41, 5.74) is 1.99. The van der Waals surface area contributed by atoms with E-state index in [-0.39, 0.29) is 5.78 Å². The molecule has 0 saturated heterocycles. The fourth-order valence-corrected chi connectivity index (χ4v) is 2.59. The molecule has 2 nitrogen and oxygen atoms in total. The largest absolute Gasteiger partial charge is 0.388 e. The Bertz CT molecular complexity index is 253. The molecule has 2 rings (SSSR count). The number of rotatable bonds is 1. The van der Waals surface area contributed by atoms with Crippen LogP contribution in [0.5, 0.6) is 0 Å². The SMILES string of the molecule is CC(=O)C1=C2CCCC2CC1O. The Labute approximate surface area is 72.3 Å². The zero-order chi connectivity index (χ0) is 8.72.